The maximum absolute atomic E-state index is 9.21. The molecule has 5 heavy (non-hydrogen) atoms. The molecule has 0 aromatic heterocycles. The van der Waals surface area contributed by atoms with Crippen LogP contribution in [0, 0.1) is 4.91 Å². The normalized spacial score (nSPS) is 14.0. The summed E-state index contributed by atoms with van der Waals surface area (Å²) in [7, 11) is 2.42. The second kappa shape index (κ2) is 2.44. The SMILES string of the molecule is O=N[S+]([O-])Cl. The summed E-state index contributed by atoms with van der Waals surface area (Å²) in [6, 6.07) is 0. The molecule has 0 radical (unpaired) electrons. The van der Waals surface area contributed by atoms with Crippen LogP contribution in [-0.4, -0.2) is 4.55 Å². The maximum atomic E-state index is 9.21. The van der Waals surface area contributed by atoms with Crippen LogP contribution in [0.2, 0.25) is 0 Å². The fourth-order valence-electron chi connectivity index (χ4n) is 0. The summed E-state index contributed by atoms with van der Waals surface area (Å²) in [6.07, 6.45) is 0. The van der Waals surface area contributed by atoms with Gasteiger partial charge in [-0.1, -0.05) is 4.91 Å². The summed E-state index contributed by atoms with van der Waals surface area (Å²) in [4.78, 5) is 8.82. The van der Waals surface area contributed by atoms with Crippen molar-refractivity contribution in [2.75, 3.05) is 0 Å². The van der Waals surface area contributed by atoms with Crippen LogP contribution >= 0.6 is 10.7 Å². The van der Waals surface area contributed by atoms with E-state index in [2.05, 4.69) is 10.7 Å². The monoisotopic (exact) mass is 113 g/mol. The summed E-state index contributed by atoms with van der Waals surface area (Å²) in [5.41, 5.74) is 0. The van der Waals surface area contributed by atoms with E-state index in [1.54, 1.807) is 0 Å². The molecule has 0 aliphatic rings. The molecular weight excluding hydrogens is 114 g/mol. The topological polar surface area (TPSA) is 52.5 Å². The van der Waals surface area contributed by atoms with Crippen molar-refractivity contribution in [1.82, 2.24) is 0 Å². The molecule has 0 aliphatic heterocycles. The number of hydrogen-bond donors (Lipinski definition) is 0. The molecular formula is ClNO2S. The first kappa shape index (κ1) is 5.20. The van der Waals surface area contributed by atoms with Gasteiger partial charge in [0.15, 0.2) is 4.58 Å². The minimum atomic E-state index is -2.03. The zero-order valence-electron chi connectivity index (χ0n) is 2.05. The first-order valence-electron chi connectivity index (χ1n) is 0.686. The Morgan fingerprint density at radius 1 is 2.00 bits per heavy atom. The highest BCUT2D eigenvalue weighted by Crippen LogP contribution is 1.93. The quantitative estimate of drug-likeness (QED) is 0.369. The lowest BCUT2D eigenvalue weighted by molar-refractivity contribution is 0.610. The first-order valence-corrected chi connectivity index (χ1v) is 2.62. The summed E-state index contributed by atoms with van der Waals surface area (Å²) >= 11 is 0. The van der Waals surface area contributed by atoms with E-state index in [0.29, 0.717) is 0 Å². The van der Waals surface area contributed by atoms with Crippen LogP contribution in [0.4, 0.5) is 0 Å². The first-order chi connectivity index (χ1) is 2.27. The second-order valence-corrected chi connectivity index (χ2v) is 1.64. The van der Waals surface area contributed by atoms with Gasteiger partial charge in [0.1, 0.15) is 0 Å². The van der Waals surface area contributed by atoms with Crippen LogP contribution in [0.3, 0.4) is 0 Å². The molecule has 0 fully saturated rings. The van der Waals surface area contributed by atoms with E-state index in [-0.39, 0.29) is 0 Å². The van der Waals surface area contributed by atoms with Crippen LogP contribution < -0.4 is 0 Å². The molecule has 0 aliphatic carbocycles. The molecule has 30 valence electrons. The van der Waals surface area contributed by atoms with E-state index in [1.165, 1.54) is 0 Å². The molecule has 3 nitrogen and oxygen atoms in total. The Bertz CT molecular complexity index is 36.6. The van der Waals surface area contributed by atoms with Crippen LogP contribution in [0.1, 0.15) is 0 Å². The molecule has 0 saturated heterocycles. The Balaban J connectivity index is 2.83. The highest BCUT2D eigenvalue weighted by atomic mass is 35.7. The summed E-state index contributed by atoms with van der Waals surface area (Å²) in [6.45, 7) is 0. The minimum Gasteiger partial charge on any atom is -0.571 e. The van der Waals surface area contributed by atoms with Crippen molar-refractivity contribution in [1.29, 1.82) is 0 Å². The molecule has 0 aromatic rings. The Morgan fingerprint density at radius 2 is 2.20 bits per heavy atom. The molecule has 1 atom stereocenters. The molecule has 0 heterocycles. The van der Waals surface area contributed by atoms with E-state index in [0.717, 1.165) is 0 Å². The van der Waals surface area contributed by atoms with Gasteiger partial charge in [-0.3, -0.25) is 0 Å². The largest absolute Gasteiger partial charge is 0.571 e. The van der Waals surface area contributed by atoms with Crippen LogP contribution in [0.5, 0.6) is 0 Å². The van der Waals surface area contributed by atoms with Gasteiger partial charge in [0.25, 0.3) is 10.6 Å². The van der Waals surface area contributed by atoms with Gasteiger partial charge in [0, 0.05) is 0 Å². The molecule has 0 rings (SSSR count). The zero-order valence-corrected chi connectivity index (χ0v) is 3.62. The molecule has 0 bridgehead atoms. The highest BCUT2D eigenvalue weighted by Gasteiger charge is 1.92. The van der Waals surface area contributed by atoms with Gasteiger partial charge in [-0.05, 0) is 0 Å². The third-order valence-electron chi connectivity index (χ3n) is 0.0586. The highest BCUT2D eigenvalue weighted by molar-refractivity contribution is 8.12. The van der Waals surface area contributed by atoms with Crippen LogP contribution in [0.25, 0.3) is 0 Å². The average Bonchev–Trinajstić information content (AvgIpc) is 1.38. The Kier molecular flexibility index (Phi) is 2.54. The zero-order chi connectivity index (χ0) is 4.28. The van der Waals surface area contributed by atoms with Crippen molar-refractivity contribution in [3.05, 3.63) is 4.91 Å². The fraction of sp³-hybridized carbons (Fsp3) is 0. The number of rotatable bonds is 1. The predicted octanol–water partition coefficient (Wildman–Crippen LogP) is 0.570. The standard InChI is InChI=1S/ClNO2S/c1-5(4)2-3. The molecule has 1 unspecified atom stereocenters. The van der Waals surface area contributed by atoms with Crippen molar-refractivity contribution in [3.63, 3.8) is 0 Å². The van der Waals surface area contributed by atoms with Gasteiger partial charge in [-0.2, -0.15) is 0 Å². The minimum absolute atomic E-state index is 1.88. The van der Waals surface area contributed by atoms with E-state index in [9.17, 15) is 4.55 Å². The van der Waals surface area contributed by atoms with Crippen molar-refractivity contribution < 1.29 is 4.55 Å². The third kappa shape index (κ3) is 4.20. The van der Waals surface area contributed by atoms with E-state index in [4.69, 9.17) is 4.91 Å². The maximum Gasteiger partial charge on any atom is 0.262 e. The molecule has 0 spiro atoms. The molecule has 0 saturated carbocycles. The van der Waals surface area contributed by atoms with E-state index < -0.39 is 10.6 Å². The Morgan fingerprint density at radius 3 is 2.20 bits per heavy atom. The second-order valence-electron chi connectivity index (χ2n) is 0.281. The molecule has 0 aromatic carbocycles. The lowest BCUT2D eigenvalue weighted by Gasteiger charge is -1.73. The summed E-state index contributed by atoms with van der Waals surface area (Å²) < 4.78 is 11.1. The van der Waals surface area contributed by atoms with Crippen molar-refractivity contribution in [3.8, 4) is 0 Å². The van der Waals surface area contributed by atoms with E-state index >= 15 is 0 Å². The van der Waals surface area contributed by atoms with Gasteiger partial charge < -0.3 is 4.55 Å². The van der Waals surface area contributed by atoms with Crippen molar-refractivity contribution in [2.45, 2.75) is 0 Å². The van der Waals surface area contributed by atoms with Gasteiger partial charge in [0.05, 0.1) is 0 Å². The van der Waals surface area contributed by atoms with Gasteiger partial charge >= 0.3 is 0 Å². The lowest BCUT2D eigenvalue weighted by atomic mass is 13.7. The summed E-state index contributed by atoms with van der Waals surface area (Å²) in [5, 5.41) is 0. The lowest BCUT2D eigenvalue weighted by Crippen LogP contribution is -1.74. The van der Waals surface area contributed by atoms with Crippen LogP contribution in [0.15, 0.2) is 4.58 Å². The predicted molar refractivity (Wildman–Crippen MR) is 19.8 cm³/mol. The Hall–Kier alpha value is 0.200. The van der Waals surface area contributed by atoms with Gasteiger partial charge in [-0.25, -0.2) is 0 Å². The molecule has 0 N–H and O–H groups in total. The molecule has 5 heteroatoms. The number of hydrogen-bond acceptors (Lipinski definition) is 3. The number of nitroso groups, excluding NO2 is 1. The third-order valence-corrected chi connectivity index (χ3v) is 0.345. The van der Waals surface area contributed by atoms with Gasteiger partial charge in [-0.15, -0.1) is 0 Å². The number of halogens is 1. The van der Waals surface area contributed by atoms with Crippen molar-refractivity contribution >= 4 is 21.3 Å². The fourth-order valence-corrected chi connectivity index (χ4v) is 0. The van der Waals surface area contributed by atoms with E-state index in [1.807, 2.05) is 4.58 Å². The Labute approximate surface area is 36.1 Å². The number of nitrogens with zero attached hydrogens (tertiary/aromatic N) is 1. The smallest absolute Gasteiger partial charge is 0.262 e. The average molecular weight is 114 g/mol. The van der Waals surface area contributed by atoms with Crippen molar-refractivity contribution in [2.24, 2.45) is 4.58 Å². The van der Waals surface area contributed by atoms with Crippen LogP contribution in [-0.2, 0) is 10.6 Å². The summed E-state index contributed by atoms with van der Waals surface area (Å²) in [5.74, 6) is 0. The molecule has 0 amide bonds. The van der Waals surface area contributed by atoms with Gasteiger partial charge in [0.2, 0.25) is 10.7 Å².